The molecule has 2 atom stereocenters. The standard InChI is InChI=1S/C30H39FN6O5/c1-18(2)41-16-22(38)14-36-13-21(11-33-36)25-12-32-24-7-8-28(35-30(24)34-25)37(15-23(39)17-42-19(3)4)26-9-20(5)10-27(40-6)29(26)31/h7-13,18-19,22-23,38-39H,14-17H2,1-6H3. The van der Waals surface area contributed by atoms with Crippen LogP contribution in [0.4, 0.5) is 15.9 Å². The molecule has 0 spiro atoms. The van der Waals surface area contributed by atoms with Crippen molar-refractivity contribution in [1.82, 2.24) is 24.7 Å². The monoisotopic (exact) mass is 582 g/mol. The van der Waals surface area contributed by atoms with Gasteiger partial charge >= 0.3 is 0 Å². The van der Waals surface area contributed by atoms with Crippen molar-refractivity contribution in [3.05, 3.63) is 54.2 Å². The number of pyridine rings is 1. The normalized spacial score (nSPS) is 13.2. The van der Waals surface area contributed by atoms with Gasteiger partial charge in [0.2, 0.25) is 0 Å². The second-order valence-corrected chi connectivity index (χ2v) is 10.7. The minimum Gasteiger partial charge on any atom is -0.494 e. The Balaban J connectivity index is 1.66. The summed E-state index contributed by atoms with van der Waals surface area (Å²) in [4.78, 5) is 15.5. The molecular weight excluding hydrogens is 543 g/mol. The Morgan fingerprint density at radius 3 is 2.38 bits per heavy atom. The number of nitrogens with zero attached hydrogens (tertiary/aromatic N) is 6. The molecule has 12 heteroatoms. The van der Waals surface area contributed by atoms with Crippen molar-refractivity contribution in [2.24, 2.45) is 0 Å². The summed E-state index contributed by atoms with van der Waals surface area (Å²) in [7, 11) is 1.41. The van der Waals surface area contributed by atoms with Gasteiger partial charge in [0.15, 0.2) is 17.2 Å². The molecule has 42 heavy (non-hydrogen) atoms. The summed E-state index contributed by atoms with van der Waals surface area (Å²) in [6.45, 7) is 9.96. The van der Waals surface area contributed by atoms with Crippen LogP contribution in [-0.4, -0.2) is 86.2 Å². The Kier molecular flexibility index (Phi) is 10.4. The Hall–Kier alpha value is -3.71. The minimum atomic E-state index is -0.930. The molecule has 4 aromatic rings. The smallest absolute Gasteiger partial charge is 0.188 e. The Morgan fingerprint density at radius 2 is 1.69 bits per heavy atom. The average Bonchev–Trinajstić information content (AvgIpc) is 3.42. The zero-order valence-corrected chi connectivity index (χ0v) is 24.9. The van der Waals surface area contributed by atoms with Crippen molar-refractivity contribution in [1.29, 1.82) is 0 Å². The average molecular weight is 583 g/mol. The first-order valence-electron chi connectivity index (χ1n) is 13.9. The second-order valence-electron chi connectivity index (χ2n) is 10.7. The van der Waals surface area contributed by atoms with Crippen molar-refractivity contribution in [3.8, 4) is 17.0 Å². The summed E-state index contributed by atoms with van der Waals surface area (Å²) in [5, 5.41) is 25.4. The highest BCUT2D eigenvalue weighted by atomic mass is 19.1. The fourth-order valence-corrected chi connectivity index (χ4v) is 4.29. The van der Waals surface area contributed by atoms with Crippen LogP contribution in [-0.2, 0) is 16.0 Å². The number of halogens is 1. The summed E-state index contributed by atoms with van der Waals surface area (Å²) in [6, 6.07) is 6.74. The second kappa shape index (κ2) is 14.0. The van der Waals surface area contributed by atoms with Gasteiger partial charge in [-0.15, -0.1) is 0 Å². The third kappa shape index (κ3) is 7.97. The van der Waals surface area contributed by atoms with Crippen LogP contribution in [0.1, 0.15) is 33.3 Å². The van der Waals surface area contributed by atoms with Gasteiger partial charge in [-0.3, -0.25) is 9.67 Å². The van der Waals surface area contributed by atoms with Crippen molar-refractivity contribution in [2.75, 3.05) is 31.8 Å². The van der Waals surface area contributed by atoms with E-state index in [0.29, 0.717) is 28.2 Å². The van der Waals surface area contributed by atoms with E-state index in [0.717, 1.165) is 5.56 Å². The van der Waals surface area contributed by atoms with E-state index in [1.54, 1.807) is 52.4 Å². The van der Waals surface area contributed by atoms with E-state index in [-0.39, 0.29) is 49.9 Å². The van der Waals surface area contributed by atoms with Crippen molar-refractivity contribution in [3.63, 3.8) is 0 Å². The molecule has 3 aromatic heterocycles. The molecule has 0 aliphatic carbocycles. The third-order valence-corrected chi connectivity index (χ3v) is 6.31. The molecule has 2 unspecified atom stereocenters. The summed E-state index contributed by atoms with van der Waals surface area (Å²) in [6.07, 6.45) is 3.35. The van der Waals surface area contributed by atoms with Gasteiger partial charge in [-0.1, -0.05) is 0 Å². The number of ether oxygens (including phenoxy) is 3. The van der Waals surface area contributed by atoms with E-state index in [2.05, 4.69) is 10.1 Å². The molecule has 1 aromatic carbocycles. The molecule has 0 aliphatic rings. The highest BCUT2D eigenvalue weighted by Crippen LogP contribution is 2.34. The molecule has 3 heterocycles. The third-order valence-electron chi connectivity index (χ3n) is 6.31. The van der Waals surface area contributed by atoms with E-state index < -0.39 is 18.0 Å². The lowest BCUT2D eigenvalue weighted by atomic mass is 10.1. The number of hydrogen-bond donors (Lipinski definition) is 2. The largest absolute Gasteiger partial charge is 0.494 e. The summed E-state index contributed by atoms with van der Waals surface area (Å²) in [5.41, 5.74) is 3.09. The SMILES string of the molecule is COc1cc(C)cc(N(CC(O)COC(C)C)c2ccc3ncc(-c4cnn(CC(O)COC(C)C)c4)nc3n2)c1F. The van der Waals surface area contributed by atoms with E-state index in [4.69, 9.17) is 24.2 Å². The maximum absolute atomic E-state index is 15.6. The number of hydrogen-bond acceptors (Lipinski definition) is 10. The molecule has 2 N–H and O–H groups in total. The zero-order chi connectivity index (χ0) is 30.4. The van der Waals surface area contributed by atoms with Crippen molar-refractivity contribution < 1.29 is 28.8 Å². The molecular formula is C30H39FN6O5. The number of fused-ring (bicyclic) bond motifs is 1. The number of rotatable bonds is 14. The number of aryl methyl sites for hydroxylation is 1. The Morgan fingerprint density at radius 1 is 0.976 bits per heavy atom. The van der Waals surface area contributed by atoms with Gasteiger partial charge in [0, 0.05) is 11.8 Å². The van der Waals surface area contributed by atoms with Crippen LogP contribution in [0.3, 0.4) is 0 Å². The predicted octanol–water partition coefficient (Wildman–Crippen LogP) is 4.05. The highest BCUT2D eigenvalue weighted by Gasteiger charge is 2.23. The number of aliphatic hydroxyl groups is 2. The molecule has 226 valence electrons. The van der Waals surface area contributed by atoms with Gasteiger partial charge in [-0.2, -0.15) is 5.10 Å². The molecule has 0 saturated heterocycles. The molecule has 11 nitrogen and oxygen atoms in total. The summed E-state index contributed by atoms with van der Waals surface area (Å²) >= 11 is 0. The van der Waals surface area contributed by atoms with E-state index in [1.165, 1.54) is 7.11 Å². The Bertz CT molecular complexity index is 1480. The highest BCUT2D eigenvalue weighted by molar-refractivity contribution is 5.77. The number of methoxy groups -OCH3 is 1. The van der Waals surface area contributed by atoms with Gasteiger partial charge in [0.1, 0.15) is 11.3 Å². The first-order chi connectivity index (χ1) is 20.0. The maximum Gasteiger partial charge on any atom is 0.188 e. The lowest BCUT2D eigenvalue weighted by Crippen LogP contribution is -2.33. The lowest BCUT2D eigenvalue weighted by molar-refractivity contribution is -0.00201. The van der Waals surface area contributed by atoms with E-state index >= 15 is 4.39 Å². The number of benzene rings is 1. The van der Waals surface area contributed by atoms with Crippen LogP contribution in [0.25, 0.3) is 22.4 Å². The maximum atomic E-state index is 15.6. The van der Waals surface area contributed by atoms with Crippen LogP contribution < -0.4 is 9.64 Å². The van der Waals surface area contributed by atoms with Crippen molar-refractivity contribution in [2.45, 2.75) is 65.6 Å². The van der Waals surface area contributed by atoms with E-state index in [9.17, 15) is 10.2 Å². The van der Waals surface area contributed by atoms with Crippen LogP contribution in [0.15, 0.2) is 42.9 Å². The molecule has 0 amide bonds. The van der Waals surface area contributed by atoms with Gasteiger partial charge in [0.05, 0.1) is 81.6 Å². The van der Waals surface area contributed by atoms with Gasteiger partial charge in [-0.05, 0) is 64.4 Å². The van der Waals surface area contributed by atoms with Crippen LogP contribution in [0, 0.1) is 12.7 Å². The topological polar surface area (TPSA) is 128 Å². The van der Waals surface area contributed by atoms with Gasteiger partial charge in [-0.25, -0.2) is 14.4 Å². The molecule has 0 fully saturated rings. The van der Waals surface area contributed by atoms with Crippen LogP contribution >= 0.6 is 0 Å². The Labute approximate surface area is 244 Å². The van der Waals surface area contributed by atoms with Crippen LogP contribution in [0.2, 0.25) is 0 Å². The van der Waals surface area contributed by atoms with E-state index in [1.807, 2.05) is 34.6 Å². The fourth-order valence-electron chi connectivity index (χ4n) is 4.29. The number of aliphatic hydroxyl groups excluding tert-OH is 2. The van der Waals surface area contributed by atoms with Crippen molar-refractivity contribution >= 4 is 22.7 Å². The minimum absolute atomic E-state index is 0.0114. The molecule has 4 rings (SSSR count). The molecule has 0 saturated carbocycles. The fraction of sp³-hybridized carbons (Fsp3) is 0.467. The molecule has 0 bridgehead atoms. The van der Waals surface area contributed by atoms with Gasteiger partial charge in [0.25, 0.3) is 0 Å². The summed E-state index contributed by atoms with van der Waals surface area (Å²) < 4.78 is 33.5. The summed E-state index contributed by atoms with van der Waals surface area (Å²) in [5.74, 6) is -0.119. The number of anilines is 2. The molecule has 0 radical (unpaired) electrons. The van der Waals surface area contributed by atoms with Gasteiger partial charge < -0.3 is 29.3 Å². The predicted molar refractivity (Wildman–Crippen MR) is 157 cm³/mol. The zero-order valence-electron chi connectivity index (χ0n) is 24.9. The quantitative estimate of drug-likeness (QED) is 0.225. The van der Waals surface area contributed by atoms with Crippen LogP contribution in [0.5, 0.6) is 5.75 Å². The first kappa shape index (κ1) is 31.2. The molecule has 0 aliphatic heterocycles. The lowest BCUT2D eigenvalue weighted by Gasteiger charge is -2.28. The first-order valence-corrected chi connectivity index (χ1v) is 13.9. The number of aromatic nitrogens is 5.